The van der Waals surface area contributed by atoms with Gasteiger partial charge in [-0.25, -0.2) is 4.98 Å². The Balaban J connectivity index is 2.02. The molecule has 0 aliphatic rings. The van der Waals surface area contributed by atoms with Gasteiger partial charge in [-0.15, -0.1) is 11.3 Å². The molecule has 2 N–H and O–H groups in total. The first-order chi connectivity index (χ1) is 8.22. The minimum atomic E-state index is -0.430. The Bertz CT molecular complexity index is 304. The third-order valence-corrected chi connectivity index (χ3v) is 3.21. The van der Waals surface area contributed by atoms with Crippen molar-refractivity contribution in [1.29, 1.82) is 0 Å². The normalized spacial score (nSPS) is 12.9. The fourth-order valence-electron chi connectivity index (χ4n) is 1.37. The number of nitrogens with one attached hydrogen (secondary N) is 1. The van der Waals surface area contributed by atoms with Crippen LogP contribution in [0.1, 0.15) is 29.7 Å². The maximum atomic E-state index is 9.63. The molecule has 0 bridgehead atoms. The van der Waals surface area contributed by atoms with Crippen molar-refractivity contribution < 1.29 is 9.84 Å². The first-order valence-corrected chi connectivity index (χ1v) is 6.92. The second kappa shape index (κ2) is 8.58. The number of hydrogen-bond acceptors (Lipinski definition) is 5. The maximum absolute atomic E-state index is 9.63. The van der Waals surface area contributed by atoms with Gasteiger partial charge in [0.05, 0.1) is 17.7 Å². The van der Waals surface area contributed by atoms with Gasteiger partial charge in [-0.05, 0) is 13.3 Å². The number of nitrogens with zero attached hydrogens (tertiary/aromatic N) is 1. The van der Waals surface area contributed by atoms with E-state index in [-0.39, 0.29) is 0 Å². The molecule has 1 aromatic heterocycles. The van der Waals surface area contributed by atoms with Crippen molar-refractivity contribution in [2.75, 3.05) is 19.8 Å². The summed E-state index contributed by atoms with van der Waals surface area (Å²) in [5.41, 5.74) is 0. The number of thiazole rings is 1. The van der Waals surface area contributed by atoms with Gasteiger partial charge in [0.25, 0.3) is 0 Å². The lowest BCUT2D eigenvalue weighted by molar-refractivity contribution is 0.0358. The quantitative estimate of drug-likeness (QED) is 0.662. The molecule has 1 aromatic rings. The zero-order valence-corrected chi connectivity index (χ0v) is 11.4. The van der Waals surface area contributed by atoms with Gasteiger partial charge >= 0.3 is 0 Å². The molecule has 0 fully saturated rings. The van der Waals surface area contributed by atoms with E-state index >= 15 is 0 Å². The summed E-state index contributed by atoms with van der Waals surface area (Å²) in [6.45, 7) is 6.58. The number of rotatable bonds is 9. The summed E-state index contributed by atoms with van der Waals surface area (Å²) in [6.07, 6.45) is 3.62. The van der Waals surface area contributed by atoms with Crippen LogP contribution in [0.5, 0.6) is 0 Å². The van der Waals surface area contributed by atoms with Gasteiger partial charge in [0.1, 0.15) is 0 Å². The van der Waals surface area contributed by atoms with Crippen LogP contribution in [0, 0.1) is 6.92 Å². The summed E-state index contributed by atoms with van der Waals surface area (Å²) < 4.78 is 5.34. The van der Waals surface area contributed by atoms with E-state index in [9.17, 15) is 5.11 Å². The third kappa shape index (κ3) is 6.73. The molecular weight excluding hydrogens is 236 g/mol. The van der Waals surface area contributed by atoms with Crippen molar-refractivity contribution in [1.82, 2.24) is 10.3 Å². The Hall–Kier alpha value is -0.490. The lowest BCUT2D eigenvalue weighted by atomic mass is 10.3. The smallest absolute Gasteiger partial charge is 0.0897 e. The Morgan fingerprint density at radius 3 is 3.06 bits per heavy atom. The Morgan fingerprint density at radius 1 is 1.59 bits per heavy atom. The Morgan fingerprint density at radius 2 is 2.41 bits per heavy atom. The van der Waals surface area contributed by atoms with Crippen molar-refractivity contribution >= 4 is 11.3 Å². The van der Waals surface area contributed by atoms with Crippen molar-refractivity contribution in [3.8, 4) is 0 Å². The van der Waals surface area contributed by atoms with Crippen molar-refractivity contribution in [3.05, 3.63) is 16.1 Å². The highest BCUT2D eigenvalue weighted by molar-refractivity contribution is 7.11. The van der Waals surface area contributed by atoms with E-state index in [0.29, 0.717) is 13.2 Å². The molecule has 0 amide bonds. The number of aliphatic hydroxyl groups is 1. The first-order valence-electron chi connectivity index (χ1n) is 6.10. The SMILES string of the molecule is CCCCOCC(O)CNCc1cnc(C)s1. The van der Waals surface area contributed by atoms with Gasteiger partial charge in [-0.3, -0.25) is 0 Å². The van der Waals surface area contributed by atoms with Crippen LogP contribution in [-0.4, -0.2) is 36.0 Å². The summed E-state index contributed by atoms with van der Waals surface area (Å²) in [5.74, 6) is 0. The number of aromatic nitrogens is 1. The average molecular weight is 258 g/mol. The highest BCUT2D eigenvalue weighted by Gasteiger charge is 2.04. The van der Waals surface area contributed by atoms with Crippen molar-refractivity contribution in [2.45, 2.75) is 39.3 Å². The Kier molecular flexibility index (Phi) is 7.35. The van der Waals surface area contributed by atoms with Gasteiger partial charge in [-0.2, -0.15) is 0 Å². The number of ether oxygens (including phenoxy) is 1. The molecule has 1 unspecified atom stereocenters. The third-order valence-electron chi connectivity index (χ3n) is 2.30. The number of aryl methyl sites for hydroxylation is 1. The molecule has 0 radical (unpaired) electrons. The summed E-state index contributed by atoms with van der Waals surface area (Å²) >= 11 is 1.68. The molecule has 0 saturated heterocycles. The van der Waals surface area contributed by atoms with Gasteiger partial charge in [0.2, 0.25) is 0 Å². The van der Waals surface area contributed by atoms with Crippen LogP contribution in [0.25, 0.3) is 0 Å². The zero-order chi connectivity index (χ0) is 12.5. The first kappa shape index (κ1) is 14.6. The topological polar surface area (TPSA) is 54.4 Å². The highest BCUT2D eigenvalue weighted by atomic mass is 32.1. The van der Waals surface area contributed by atoms with E-state index in [0.717, 1.165) is 31.0 Å². The van der Waals surface area contributed by atoms with Gasteiger partial charge < -0.3 is 15.2 Å². The molecular formula is C12H22N2O2S. The van der Waals surface area contributed by atoms with Crippen molar-refractivity contribution in [3.63, 3.8) is 0 Å². The van der Waals surface area contributed by atoms with Crippen LogP contribution in [-0.2, 0) is 11.3 Å². The monoisotopic (exact) mass is 258 g/mol. The van der Waals surface area contributed by atoms with Gasteiger partial charge in [-0.1, -0.05) is 13.3 Å². The predicted octanol–water partition coefficient (Wildman–Crippen LogP) is 1.72. The predicted molar refractivity (Wildman–Crippen MR) is 70.3 cm³/mol. The minimum Gasteiger partial charge on any atom is -0.389 e. The van der Waals surface area contributed by atoms with Crippen molar-refractivity contribution in [2.24, 2.45) is 0 Å². The lowest BCUT2D eigenvalue weighted by Crippen LogP contribution is -2.30. The fourth-order valence-corrected chi connectivity index (χ4v) is 2.14. The zero-order valence-electron chi connectivity index (χ0n) is 10.6. The lowest BCUT2D eigenvalue weighted by Gasteiger charge is -2.11. The van der Waals surface area contributed by atoms with E-state index in [1.807, 2.05) is 13.1 Å². The molecule has 0 saturated carbocycles. The molecule has 0 aliphatic heterocycles. The minimum absolute atomic E-state index is 0.411. The number of aliphatic hydroxyl groups excluding tert-OH is 1. The molecule has 5 heteroatoms. The van der Waals surface area contributed by atoms with E-state index in [2.05, 4.69) is 17.2 Å². The number of hydrogen-bond donors (Lipinski definition) is 2. The summed E-state index contributed by atoms with van der Waals surface area (Å²) in [7, 11) is 0. The van der Waals surface area contributed by atoms with Crippen LogP contribution in [0.3, 0.4) is 0 Å². The summed E-state index contributed by atoms with van der Waals surface area (Å²) in [4.78, 5) is 5.37. The largest absolute Gasteiger partial charge is 0.389 e. The summed E-state index contributed by atoms with van der Waals surface area (Å²) in [6, 6.07) is 0. The second-order valence-electron chi connectivity index (χ2n) is 4.06. The Labute approximate surface area is 107 Å². The molecule has 1 rings (SSSR count). The molecule has 0 spiro atoms. The molecule has 0 aliphatic carbocycles. The van der Waals surface area contributed by atoms with Gasteiger partial charge in [0, 0.05) is 30.8 Å². The van der Waals surface area contributed by atoms with E-state index in [4.69, 9.17) is 4.74 Å². The summed E-state index contributed by atoms with van der Waals surface area (Å²) in [5, 5.41) is 13.9. The molecule has 1 atom stereocenters. The van der Waals surface area contributed by atoms with E-state index in [1.165, 1.54) is 4.88 Å². The van der Waals surface area contributed by atoms with Gasteiger partial charge in [0.15, 0.2) is 0 Å². The number of unbranched alkanes of at least 4 members (excludes halogenated alkanes) is 1. The molecule has 0 aromatic carbocycles. The molecule has 4 nitrogen and oxygen atoms in total. The average Bonchev–Trinajstić information content (AvgIpc) is 2.71. The molecule has 1 heterocycles. The van der Waals surface area contributed by atoms with Crippen LogP contribution >= 0.6 is 11.3 Å². The highest BCUT2D eigenvalue weighted by Crippen LogP contribution is 2.10. The second-order valence-corrected chi connectivity index (χ2v) is 5.38. The molecule has 17 heavy (non-hydrogen) atoms. The van der Waals surface area contributed by atoms with Crippen LogP contribution in [0.2, 0.25) is 0 Å². The van der Waals surface area contributed by atoms with Crippen LogP contribution in [0.15, 0.2) is 6.20 Å². The van der Waals surface area contributed by atoms with Crippen LogP contribution < -0.4 is 5.32 Å². The van der Waals surface area contributed by atoms with Crippen LogP contribution in [0.4, 0.5) is 0 Å². The van der Waals surface area contributed by atoms with E-state index in [1.54, 1.807) is 11.3 Å². The maximum Gasteiger partial charge on any atom is 0.0897 e. The van der Waals surface area contributed by atoms with E-state index < -0.39 is 6.10 Å². The fraction of sp³-hybridized carbons (Fsp3) is 0.750. The molecule has 98 valence electrons. The standard InChI is InChI=1S/C12H22N2O2S/c1-3-4-5-16-9-11(15)6-13-7-12-8-14-10(2)17-12/h8,11,13,15H,3-7,9H2,1-2H3.